The fraction of sp³-hybridized carbons (Fsp3) is 0.263. The number of rotatable bonds is 1. The second-order valence-corrected chi connectivity index (χ2v) is 6.57. The Balaban J connectivity index is 1.71. The molecule has 1 amide bonds. The molecule has 0 saturated carbocycles. The van der Waals surface area contributed by atoms with Crippen LogP contribution in [-0.2, 0) is 11.2 Å². The van der Waals surface area contributed by atoms with Crippen molar-refractivity contribution in [3.05, 3.63) is 53.8 Å². The predicted molar refractivity (Wildman–Crippen MR) is 88.4 cm³/mol. The van der Waals surface area contributed by atoms with Gasteiger partial charge in [-0.1, -0.05) is 18.2 Å². The van der Waals surface area contributed by atoms with Crippen molar-refractivity contribution in [3.63, 3.8) is 0 Å². The number of anilines is 1. The van der Waals surface area contributed by atoms with Gasteiger partial charge in [0, 0.05) is 18.8 Å². The molecule has 2 aliphatic heterocycles. The van der Waals surface area contributed by atoms with E-state index in [2.05, 4.69) is 11.5 Å². The number of likely N-dealkylation sites (tertiary alicyclic amines) is 1. The highest BCUT2D eigenvalue weighted by Crippen LogP contribution is 2.41. The van der Waals surface area contributed by atoms with Crippen LogP contribution < -0.4 is 5.32 Å². The van der Waals surface area contributed by atoms with E-state index in [9.17, 15) is 9.18 Å². The van der Waals surface area contributed by atoms with Gasteiger partial charge in [0.05, 0.1) is 5.41 Å². The summed E-state index contributed by atoms with van der Waals surface area (Å²) < 4.78 is 13.5. The average molecular weight is 321 g/mol. The standard InChI is InChI=1S/C19H16FN3O/c20-16-3-1-2-13(9-16)14-4-5-17-15(8-14)10-19(18(24)22-17)6-7-23(11-19)12-21/h1-5,8-9H,6-7,10-11H2,(H,22,24). The van der Waals surface area contributed by atoms with E-state index in [0.29, 0.717) is 25.9 Å². The number of amides is 1. The number of nitrogens with zero attached hydrogens (tertiary/aromatic N) is 2. The van der Waals surface area contributed by atoms with Gasteiger partial charge in [-0.25, -0.2) is 4.39 Å². The summed E-state index contributed by atoms with van der Waals surface area (Å²) in [5.74, 6) is -0.276. The van der Waals surface area contributed by atoms with Crippen LogP contribution in [0.2, 0.25) is 0 Å². The van der Waals surface area contributed by atoms with E-state index in [0.717, 1.165) is 22.4 Å². The number of carbonyl (C=O) groups is 1. The molecule has 1 N–H and O–H groups in total. The van der Waals surface area contributed by atoms with E-state index >= 15 is 0 Å². The minimum Gasteiger partial charge on any atom is -0.325 e. The van der Waals surface area contributed by atoms with Gasteiger partial charge in [-0.15, -0.1) is 0 Å². The van der Waals surface area contributed by atoms with Gasteiger partial charge < -0.3 is 10.2 Å². The van der Waals surface area contributed by atoms with Crippen molar-refractivity contribution in [2.24, 2.45) is 5.41 Å². The third-order valence-corrected chi connectivity index (χ3v) is 5.02. The van der Waals surface area contributed by atoms with Gasteiger partial charge in [0.25, 0.3) is 0 Å². The van der Waals surface area contributed by atoms with Crippen molar-refractivity contribution in [1.29, 1.82) is 5.26 Å². The molecule has 4 rings (SSSR count). The van der Waals surface area contributed by atoms with Crippen molar-refractivity contribution in [2.75, 3.05) is 18.4 Å². The molecule has 0 radical (unpaired) electrons. The number of nitrogens with one attached hydrogen (secondary N) is 1. The van der Waals surface area contributed by atoms with Crippen LogP contribution in [0.4, 0.5) is 10.1 Å². The summed E-state index contributed by atoms with van der Waals surface area (Å²) in [5, 5.41) is 12.1. The first-order valence-corrected chi connectivity index (χ1v) is 7.95. The quantitative estimate of drug-likeness (QED) is 0.821. The number of carbonyl (C=O) groups excluding carboxylic acids is 1. The summed E-state index contributed by atoms with van der Waals surface area (Å²) in [4.78, 5) is 14.2. The molecule has 120 valence electrons. The van der Waals surface area contributed by atoms with E-state index in [-0.39, 0.29) is 11.7 Å². The summed E-state index contributed by atoms with van der Waals surface area (Å²) in [6.07, 6.45) is 3.42. The predicted octanol–water partition coefficient (Wildman–Crippen LogP) is 3.16. The highest BCUT2D eigenvalue weighted by Gasteiger charge is 2.47. The van der Waals surface area contributed by atoms with Crippen LogP contribution in [0, 0.1) is 22.7 Å². The highest BCUT2D eigenvalue weighted by molar-refractivity contribution is 5.99. The average Bonchev–Trinajstić information content (AvgIpc) is 3.00. The molecule has 2 heterocycles. The highest BCUT2D eigenvalue weighted by atomic mass is 19.1. The fourth-order valence-corrected chi connectivity index (χ4v) is 3.70. The van der Waals surface area contributed by atoms with Gasteiger partial charge >= 0.3 is 0 Å². The zero-order valence-corrected chi connectivity index (χ0v) is 13.1. The van der Waals surface area contributed by atoms with Gasteiger partial charge in [-0.2, -0.15) is 5.26 Å². The van der Waals surface area contributed by atoms with E-state index < -0.39 is 5.41 Å². The van der Waals surface area contributed by atoms with Crippen LogP contribution >= 0.6 is 0 Å². The second-order valence-electron chi connectivity index (χ2n) is 6.57. The lowest BCUT2D eigenvalue weighted by Crippen LogP contribution is -2.43. The molecular formula is C19H16FN3O. The number of hydrogen-bond donors (Lipinski definition) is 1. The van der Waals surface area contributed by atoms with E-state index in [1.807, 2.05) is 24.3 Å². The third-order valence-electron chi connectivity index (χ3n) is 5.02. The number of benzene rings is 2. The van der Waals surface area contributed by atoms with Crippen molar-refractivity contribution in [2.45, 2.75) is 12.8 Å². The van der Waals surface area contributed by atoms with Crippen LogP contribution in [-0.4, -0.2) is 23.9 Å². The molecular weight excluding hydrogens is 305 g/mol. The Hall–Kier alpha value is -2.87. The molecule has 1 spiro atoms. The molecule has 5 heteroatoms. The first-order chi connectivity index (χ1) is 11.6. The maximum absolute atomic E-state index is 13.5. The van der Waals surface area contributed by atoms with Crippen molar-refractivity contribution < 1.29 is 9.18 Å². The molecule has 1 saturated heterocycles. The molecule has 2 aliphatic rings. The minimum atomic E-state index is -0.538. The molecule has 0 aliphatic carbocycles. The molecule has 1 fully saturated rings. The van der Waals surface area contributed by atoms with Crippen molar-refractivity contribution >= 4 is 11.6 Å². The Morgan fingerprint density at radius 3 is 2.79 bits per heavy atom. The van der Waals surface area contributed by atoms with Crippen molar-refractivity contribution in [1.82, 2.24) is 4.90 Å². The van der Waals surface area contributed by atoms with Gasteiger partial charge in [-0.3, -0.25) is 4.79 Å². The lowest BCUT2D eigenvalue weighted by Gasteiger charge is -2.33. The van der Waals surface area contributed by atoms with E-state index in [1.54, 1.807) is 11.0 Å². The largest absolute Gasteiger partial charge is 0.325 e. The summed E-state index contributed by atoms with van der Waals surface area (Å²) >= 11 is 0. The van der Waals surface area contributed by atoms with Crippen LogP contribution in [0.5, 0.6) is 0 Å². The monoisotopic (exact) mass is 321 g/mol. The first-order valence-electron chi connectivity index (χ1n) is 7.95. The Bertz CT molecular complexity index is 873. The minimum absolute atomic E-state index is 0.00810. The molecule has 0 aromatic heterocycles. The number of nitriles is 1. The molecule has 0 bridgehead atoms. The number of fused-ring (bicyclic) bond motifs is 1. The molecule has 2 aromatic rings. The zero-order valence-electron chi connectivity index (χ0n) is 13.1. The van der Waals surface area contributed by atoms with E-state index in [4.69, 9.17) is 5.26 Å². The van der Waals surface area contributed by atoms with Crippen LogP contribution in [0.15, 0.2) is 42.5 Å². The number of hydrogen-bond acceptors (Lipinski definition) is 3. The molecule has 2 aromatic carbocycles. The Kier molecular flexibility index (Phi) is 3.27. The van der Waals surface area contributed by atoms with Crippen LogP contribution in [0.1, 0.15) is 12.0 Å². The molecule has 1 unspecified atom stereocenters. The Morgan fingerprint density at radius 2 is 2.04 bits per heavy atom. The van der Waals surface area contributed by atoms with Gasteiger partial charge in [0.2, 0.25) is 5.91 Å². The number of halogens is 1. The first kappa shape index (κ1) is 14.7. The topological polar surface area (TPSA) is 56.1 Å². The van der Waals surface area contributed by atoms with Crippen molar-refractivity contribution in [3.8, 4) is 17.3 Å². The zero-order chi connectivity index (χ0) is 16.7. The lowest BCUT2D eigenvalue weighted by atomic mass is 9.76. The summed E-state index contributed by atoms with van der Waals surface area (Å²) in [6, 6.07) is 12.3. The van der Waals surface area contributed by atoms with E-state index in [1.165, 1.54) is 12.1 Å². The summed E-state index contributed by atoms with van der Waals surface area (Å²) in [6.45, 7) is 1.07. The fourth-order valence-electron chi connectivity index (χ4n) is 3.70. The molecule has 24 heavy (non-hydrogen) atoms. The SMILES string of the molecule is N#CN1CCC2(Cc3cc(-c4cccc(F)c4)ccc3NC2=O)C1. The maximum Gasteiger partial charge on any atom is 0.232 e. The summed E-state index contributed by atoms with van der Waals surface area (Å²) in [5.41, 5.74) is 3.05. The van der Waals surface area contributed by atoms with Gasteiger partial charge in [-0.05, 0) is 53.8 Å². The lowest BCUT2D eigenvalue weighted by molar-refractivity contribution is -0.125. The Labute approximate surface area is 139 Å². The second kappa shape index (κ2) is 5.34. The smallest absolute Gasteiger partial charge is 0.232 e. The molecule has 1 atom stereocenters. The summed E-state index contributed by atoms with van der Waals surface area (Å²) in [7, 11) is 0. The maximum atomic E-state index is 13.5. The normalized spacial score (nSPS) is 22.2. The third kappa shape index (κ3) is 2.31. The van der Waals surface area contributed by atoms with Crippen LogP contribution in [0.25, 0.3) is 11.1 Å². The molecule has 4 nitrogen and oxygen atoms in total. The van der Waals surface area contributed by atoms with Crippen LogP contribution in [0.3, 0.4) is 0 Å². The van der Waals surface area contributed by atoms with Gasteiger partial charge in [0.15, 0.2) is 6.19 Å². The van der Waals surface area contributed by atoms with Gasteiger partial charge in [0.1, 0.15) is 5.82 Å². The Morgan fingerprint density at radius 1 is 1.21 bits per heavy atom.